The topological polar surface area (TPSA) is 58.1 Å². The van der Waals surface area contributed by atoms with E-state index in [0.29, 0.717) is 5.82 Å². The molecule has 92 valence electrons. The predicted octanol–water partition coefficient (Wildman–Crippen LogP) is 1.66. The van der Waals surface area contributed by atoms with E-state index < -0.39 is 0 Å². The molecule has 1 saturated heterocycles. The average Bonchev–Trinajstić information content (AvgIpc) is 2.38. The summed E-state index contributed by atoms with van der Waals surface area (Å²) >= 11 is 3.33. The standard InChI is InChI=1S/C11H15BrN4O/c12-9-6-13-8-15-11(9)14-7-10(17)16-4-2-1-3-5-16/h6,8H,1-5,7H2,(H,13,14,15). The lowest BCUT2D eigenvalue weighted by molar-refractivity contribution is -0.130. The molecule has 1 aliphatic rings. The van der Waals surface area contributed by atoms with Gasteiger partial charge in [0.2, 0.25) is 5.91 Å². The fourth-order valence-electron chi connectivity index (χ4n) is 1.86. The van der Waals surface area contributed by atoms with Gasteiger partial charge in [0.25, 0.3) is 0 Å². The molecule has 0 saturated carbocycles. The molecule has 6 heteroatoms. The third-order valence-electron chi connectivity index (χ3n) is 2.78. The maximum absolute atomic E-state index is 11.9. The number of likely N-dealkylation sites (tertiary alicyclic amines) is 1. The smallest absolute Gasteiger partial charge is 0.241 e. The van der Waals surface area contributed by atoms with Crippen molar-refractivity contribution in [3.8, 4) is 0 Å². The van der Waals surface area contributed by atoms with Crippen molar-refractivity contribution in [1.29, 1.82) is 0 Å². The summed E-state index contributed by atoms with van der Waals surface area (Å²) in [5, 5.41) is 3.02. The molecule has 0 spiro atoms. The Morgan fingerprint density at radius 1 is 1.41 bits per heavy atom. The first-order valence-corrected chi connectivity index (χ1v) is 6.54. The Morgan fingerprint density at radius 3 is 2.88 bits per heavy atom. The van der Waals surface area contributed by atoms with Gasteiger partial charge in [-0.15, -0.1) is 0 Å². The zero-order valence-electron chi connectivity index (χ0n) is 9.53. The molecule has 0 aromatic carbocycles. The number of carbonyl (C=O) groups is 1. The van der Waals surface area contributed by atoms with Gasteiger partial charge in [0.05, 0.1) is 11.0 Å². The number of halogens is 1. The number of aromatic nitrogens is 2. The normalized spacial score (nSPS) is 15.7. The highest BCUT2D eigenvalue weighted by Gasteiger charge is 2.16. The van der Waals surface area contributed by atoms with Crippen molar-refractivity contribution in [2.45, 2.75) is 19.3 Å². The number of rotatable bonds is 3. The van der Waals surface area contributed by atoms with Crippen LogP contribution < -0.4 is 5.32 Å². The largest absolute Gasteiger partial charge is 0.360 e. The molecular formula is C11H15BrN4O. The first-order valence-electron chi connectivity index (χ1n) is 5.74. The Balaban J connectivity index is 1.85. The van der Waals surface area contributed by atoms with Gasteiger partial charge in [-0.1, -0.05) is 0 Å². The number of amides is 1. The molecule has 1 amide bonds. The molecule has 0 atom stereocenters. The minimum Gasteiger partial charge on any atom is -0.360 e. The van der Waals surface area contributed by atoms with Crippen LogP contribution in [0.2, 0.25) is 0 Å². The lowest BCUT2D eigenvalue weighted by Gasteiger charge is -2.26. The molecule has 0 aliphatic carbocycles. The van der Waals surface area contributed by atoms with Crippen molar-refractivity contribution in [3.05, 3.63) is 17.0 Å². The summed E-state index contributed by atoms with van der Waals surface area (Å²) in [6, 6.07) is 0. The number of nitrogens with zero attached hydrogens (tertiary/aromatic N) is 3. The second-order valence-electron chi connectivity index (χ2n) is 4.01. The monoisotopic (exact) mass is 298 g/mol. The Morgan fingerprint density at radius 2 is 2.18 bits per heavy atom. The fourth-order valence-corrected chi connectivity index (χ4v) is 2.22. The summed E-state index contributed by atoms with van der Waals surface area (Å²) < 4.78 is 0.770. The van der Waals surface area contributed by atoms with E-state index in [-0.39, 0.29) is 12.5 Å². The van der Waals surface area contributed by atoms with Crippen LogP contribution in [-0.2, 0) is 4.79 Å². The van der Waals surface area contributed by atoms with Gasteiger partial charge in [-0.05, 0) is 35.2 Å². The SMILES string of the molecule is O=C(CNc1ncncc1Br)N1CCCCC1. The summed E-state index contributed by atoms with van der Waals surface area (Å²) in [5.41, 5.74) is 0. The van der Waals surface area contributed by atoms with Crippen LogP contribution in [0.4, 0.5) is 5.82 Å². The first kappa shape index (κ1) is 12.3. The number of piperidine rings is 1. The minimum atomic E-state index is 0.134. The fraction of sp³-hybridized carbons (Fsp3) is 0.545. The number of carbonyl (C=O) groups excluding carboxylic acids is 1. The van der Waals surface area contributed by atoms with Crippen LogP contribution in [0.15, 0.2) is 17.0 Å². The van der Waals surface area contributed by atoms with Gasteiger partial charge in [-0.25, -0.2) is 9.97 Å². The number of anilines is 1. The number of hydrogen-bond donors (Lipinski definition) is 1. The van der Waals surface area contributed by atoms with E-state index in [4.69, 9.17) is 0 Å². The van der Waals surface area contributed by atoms with E-state index in [2.05, 4.69) is 31.2 Å². The maximum Gasteiger partial charge on any atom is 0.241 e. The zero-order valence-corrected chi connectivity index (χ0v) is 11.1. The Labute approximate surface area is 109 Å². The third kappa shape index (κ3) is 3.39. The molecule has 1 aromatic heterocycles. The van der Waals surface area contributed by atoms with Crippen LogP contribution in [0.5, 0.6) is 0 Å². The molecule has 0 radical (unpaired) electrons. The van der Waals surface area contributed by atoms with Gasteiger partial charge in [0, 0.05) is 19.3 Å². The Bertz CT molecular complexity index is 393. The van der Waals surface area contributed by atoms with Crippen molar-refractivity contribution < 1.29 is 4.79 Å². The van der Waals surface area contributed by atoms with E-state index in [1.807, 2.05) is 4.90 Å². The quantitative estimate of drug-likeness (QED) is 0.922. The van der Waals surface area contributed by atoms with E-state index in [9.17, 15) is 4.79 Å². The van der Waals surface area contributed by atoms with Crippen molar-refractivity contribution in [3.63, 3.8) is 0 Å². The van der Waals surface area contributed by atoms with Crippen molar-refractivity contribution in [2.75, 3.05) is 25.0 Å². The summed E-state index contributed by atoms with van der Waals surface area (Å²) in [5.74, 6) is 0.792. The van der Waals surface area contributed by atoms with Crippen LogP contribution in [0.3, 0.4) is 0 Å². The van der Waals surface area contributed by atoms with E-state index in [1.165, 1.54) is 12.7 Å². The average molecular weight is 299 g/mol. The molecule has 2 rings (SSSR count). The van der Waals surface area contributed by atoms with Gasteiger partial charge in [0.1, 0.15) is 12.1 Å². The summed E-state index contributed by atoms with van der Waals surface area (Å²) in [6.45, 7) is 2.05. The summed E-state index contributed by atoms with van der Waals surface area (Å²) in [7, 11) is 0. The van der Waals surface area contributed by atoms with Gasteiger partial charge >= 0.3 is 0 Å². The van der Waals surface area contributed by atoms with Gasteiger partial charge in [0.15, 0.2) is 0 Å². The lowest BCUT2D eigenvalue weighted by atomic mass is 10.1. The molecule has 17 heavy (non-hydrogen) atoms. The molecule has 0 bridgehead atoms. The number of hydrogen-bond acceptors (Lipinski definition) is 4. The van der Waals surface area contributed by atoms with Crippen LogP contribution in [0.1, 0.15) is 19.3 Å². The summed E-state index contributed by atoms with van der Waals surface area (Å²) in [6.07, 6.45) is 6.57. The lowest BCUT2D eigenvalue weighted by Crippen LogP contribution is -2.39. The van der Waals surface area contributed by atoms with Gasteiger partial charge in [-0.3, -0.25) is 4.79 Å². The molecule has 1 N–H and O–H groups in total. The zero-order chi connectivity index (χ0) is 12.1. The molecular weight excluding hydrogens is 284 g/mol. The van der Waals surface area contributed by atoms with Gasteiger partial charge < -0.3 is 10.2 Å². The molecule has 1 aliphatic heterocycles. The Kier molecular flexibility index (Phi) is 4.30. The Hall–Kier alpha value is -1.17. The number of nitrogens with one attached hydrogen (secondary N) is 1. The molecule has 1 fully saturated rings. The molecule has 0 unspecified atom stereocenters. The molecule has 1 aromatic rings. The molecule has 2 heterocycles. The highest BCUT2D eigenvalue weighted by Crippen LogP contribution is 2.17. The third-order valence-corrected chi connectivity index (χ3v) is 3.36. The van der Waals surface area contributed by atoms with E-state index in [0.717, 1.165) is 30.4 Å². The minimum absolute atomic E-state index is 0.134. The highest BCUT2D eigenvalue weighted by atomic mass is 79.9. The highest BCUT2D eigenvalue weighted by molar-refractivity contribution is 9.10. The van der Waals surface area contributed by atoms with Gasteiger partial charge in [-0.2, -0.15) is 0 Å². The second kappa shape index (κ2) is 5.95. The predicted molar refractivity (Wildman–Crippen MR) is 68.7 cm³/mol. The van der Waals surface area contributed by atoms with E-state index >= 15 is 0 Å². The molecule has 5 nitrogen and oxygen atoms in total. The van der Waals surface area contributed by atoms with Crippen LogP contribution >= 0.6 is 15.9 Å². The summed E-state index contributed by atoms with van der Waals surface area (Å²) in [4.78, 5) is 21.7. The van der Waals surface area contributed by atoms with Crippen LogP contribution in [-0.4, -0.2) is 40.4 Å². The van der Waals surface area contributed by atoms with Crippen LogP contribution in [0.25, 0.3) is 0 Å². The van der Waals surface area contributed by atoms with Crippen molar-refractivity contribution in [1.82, 2.24) is 14.9 Å². The van der Waals surface area contributed by atoms with Crippen molar-refractivity contribution >= 4 is 27.7 Å². The maximum atomic E-state index is 11.9. The van der Waals surface area contributed by atoms with E-state index in [1.54, 1.807) is 6.20 Å². The van der Waals surface area contributed by atoms with Crippen molar-refractivity contribution in [2.24, 2.45) is 0 Å². The van der Waals surface area contributed by atoms with Crippen LogP contribution in [0, 0.1) is 0 Å². The second-order valence-corrected chi connectivity index (χ2v) is 4.87. The first-order chi connectivity index (χ1) is 8.27.